The van der Waals surface area contributed by atoms with Crippen LogP contribution in [0.1, 0.15) is 32.3 Å². The van der Waals surface area contributed by atoms with Crippen LogP contribution in [0.4, 0.5) is 0 Å². The third-order valence-corrected chi connectivity index (χ3v) is 5.70. The number of hydrazone groups is 1. The summed E-state index contributed by atoms with van der Waals surface area (Å²) in [7, 11) is 1.63. The van der Waals surface area contributed by atoms with E-state index in [0.29, 0.717) is 12.2 Å². The summed E-state index contributed by atoms with van der Waals surface area (Å²) in [6.45, 7) is 3.76. The van der Waals surface area contributed by atoms with Gasteiger partial charge in [0.05, 0.1) is 6.21 Å². The zero-order chi connectivity index (χ0) is 17.5. The van der Waals surface area contributed by atoms with Gasteiger partial charge in [-0.3, -0.25) is 0 Å². The van der Waals surface area contributed by atoms with Crippen molar-refractivity contribution in [1.82, 2.24) is 4.78 Å². The number of hydrogen-bond donors (Lipinski definition) is 0. The molecule has 23 heavy (non-hydrogen) atoms. The Morgan fingerprint density at radius 3 is 2.52 bits per heavy atom. The van der Waals surface area contributed by atoms with Gasteiger partial charge in [-0.05, 0) is 88.1 Å². The number of rotatable bonds is 8. The first-order chi connectivity index (χ1) is 10.7. The van der Waals surface area contributed by atoms with Gasteiger partial charge in [-0.25, -0.2) is 4.78 Å². The molecule has 0 radical (unpaired) electrons. The van der Waals surface area contributed by atoms with Gasteiger partial charge in [0.25, 0.3) is 0 Å². The van der Waals surface area contributed by atoms with Crippen molar-refractivity contribution in [2.45, 2.75) is 32.4 Å². The summed E-state index contributed by atoms with van der Waals surface area (Å²) in [6.07, 6.45) is 3.07. The van der Waals surface area contributed by atoms with Gasteiger partial charge in [0.1, 0.15) is 5.75 Å². The molecular formula is C13H18Cl2N5OPS. The number of hydrogen-bond acceptors (Lipinski definition) is 4. The van der Waals surface area contributed by atoms with Crippen LogP contribution in [0.15, 0.2) is 34.5 Å². The third kappa shape index (κ3) is 6.98. The lowest BCUT2D eigenvalue weighted by Gasteiger charge is -2.25. The molecule has 0 saturated heterocycles. The van der Waals surface area contributed by atoms with Crippen LogP contribution in [0.25, 0.3) is 10.4 Å². The largest absolute Gasteiger partial charge is 0.481 e. The normalized spacial score (nSPS) is 14.1. The molecule has 0 bridgehead atoms. The Kier molecular flexibility index (Phi) is 7.65. The third-order valence-electron chi connectivity index (χ3n) is 2.90. The van der Waals surface area contributed by atoms with Gasteiger partial charge in [-0.15, -0.1) is 0 Å². The highest BCUT2D eigenvalue weighted by Crippen LogP contribution is 2.59. The van der Waals surface area contributed by atoms with Crippen molar-refractivity contribution < 1.29 is 4.74 Å². The molecule has 1 aromatic rings. The zero-order valence-electron chi connectivity index (χ0n) is 13.1. The van der Waals surface area contributed by atoms with E-state index in [9.17, 15) is 0 Å². The molecule has 0 aliphatic heterocycles. The molecule has 0 aliphatic rings. The Morgan fingerprint density at radius 2 is 2.04 bits per heavy atom. The van der Waals surface area contributed by atoms with E-state index in [1.165, 1.54) is 4.78 Å². The summed E-state index contributed by atoms with van der Waals surface area (Å²) in [5.41, 5.74) is 8.60. The highest BCUT2D eigenvalue weighted by Gasteiger charge is 2.23. The number of benzene rings is 1. The molecule has 0 aliphatic carbocycles. The van der Waals surface area contributed by atoms with E-state index < -0.39 is 10.6 Å². The molecule has 0 N–H and O–H groups in total. The molecular weight excluding hydrogens is 376 g/mol. The van der Waals surface area contributed by atoms with Gasteiger partial charge in [0.2, 0.25) is 4.89 Å². The second-order valence-electron chi connectivity index (χ2n) is 4.95. The fourth-order valence-electron chi connectivity index (χ4n) is 1.77. The lowest BCUT2D eigenvalue weighted by atomic mass is 10.1. The molecule has 0 fully saturated rings. The van der Waals surface area contributed by atoms with Gasteiger partial charge in [-0.2, -0.15) is 5.10 Å². The number of halogens is 2. The predicted molar refractivity (Wildman–Crippen MR) is 101 cm³/mol. The van der Waals surface area contributed by atoms with Crippen LogP contribution in [0.3, 0.4) is 0 Å². The lowest BCUT2D eigenvalue weighted by Crippen LogP contribution is -2.28. The van der Waals surface area contributed by atoms with E-state index in [-0.39, 0.29) is 0 Å². The molecule has 10 heteroatoms. The summed E-state index contributed by atoms with van der Waals surface area (Å²) in [5, 5.41) is 7.85. The van der Waals surface area contributed by atoms with E-state index in [1.807, 2.05) is 19.1 Å². The van der Waals surface area contributed by atoms with Crippen LogP contribution in [-0.2, 0) is 11.8 Å². The molecule has 0 aromatic heterocycles. The zero-order valence-corrected chi connectivity index (χ0v) is 16.3. The topological polar surface area (TPSA) is 73.6 Å². The van der Waals surface area contributed by atoms with Crippen molar-refractivity contribution >= 4 is 45.4 Å². The Bertz CT molecular complexity index is 644. The summed E-state index contributed by atoms with van der Waals surface area (Å²) in [6, 6.07) is 7.20. The maximum atomic E-state index is 8.67. The molecule has 0 spiro atoms. The molecule has 1 rings (SSSR count). The van der Waals surface area contributed by atoms with Crippen molar-refractivity contribution in [1.29, 1.82) is 0 Å². The van der Waals surface area contributed by atoms with Crippen molar-refractivity contribution in [3.63, 3.8) is 0 Å². The predicted octanol–water partition coefficient (Wildman–Crippen LogP) is 5.86. The smallest absolute Gasteiger partial charge is 0.222 e. The molecule has 126 valence electrons. The minimum atomic E-state index is -2.60. The SMILES string of the molecule is CCCC(C)(N=[N+]=[N-])Oc1ccc(/C=N/N(C)P(=S)(Cl)Cl)cc1. The van der Waals surface area contributed by atoms with Gasteiger partial charge < -0.3 is 4.74 Å². The van der Waals surface area contributed by atoms with Gasteiger partial charge in [0.15, 0.2) is 5.72 Å². The number of nitrogens with zero attached hydrogens (tertiary/aromatic N) is 5. The van der Waals surface area contributed by atoms with E-state index >= 15 is 0 Å². The first kappa shape index (κ1) is 20.1. The fraction of sp³-hybridized carbons (Fsp3) is 0.462. The van der Waals surface area contributed by atoms with Gasteiger partial charge in [0, 0.05) is 12.0 Å². The maximum absolute atomic E-state index is 8.67. The Hall–Kier alpha value is -0.970. The first-order valence-electron chi connectivity index (χ1n) is 6.83. The molecule has 0 heterocycles. The van der Waals surface area contributed by atoms with Crippen LogP contribution < -0.4 is 4.74 Å². The lowest BCUT2D eigenvalue weighted by molar-refractivity contribution is 0.0857. The molecule has 1 unspecified atom stereocenters. The molecule has 0 saturated carbocycles. The molecule has 1 aromatic carbocycles. The van der Waals surface area contributed by atoms with E-state index in [4.69, 9.17) is 44.6 Å². The minimum Gasteiger partial charge on any atom is -0.481 e. The van der Waals surface area contributed by atoms with Crippen LogP contribution in [0, 0.1) is 0 Å². The monoisotopic (exact) mass is 393 g/mol. The van der Waals surface area contributed by atoms with Crippen LogP contribution in [-0.4, -0.2) is 23.8 Å². The Morgan fingerprint density at radius 1 is 1.43 bits per heavy atom. The first-order valence-corrected chi connectivity index (χ1v) is 11.4. The van der Waals surface area contributed by atoms with E-state index in [0.717, 1.165) is 12.0 Å². The van der Waals surface area contributed by atoms with Crippen molar-refractivity contribution in [3.05, 3.63) is 40.3 Å². The number of azide groups is 1. The second-order valence-corrected chi connectivity index (χ2v) is 12.6. The van der Waals surface area contributed by atoms with Crippen molar-refractivity contribution in [3.8, 4) is 5.75 Å². The second kappa shape index (κ2) is 8.76. The highest BCUT2D eigenvalue weighted by atomic mass is 35.9. The summed E-state index contributed by atoms with van der Waals surface area (Å²) in [4.78, 5) is 0.249. The molecule has 0 amide bonds. The van der Waals surface area contributed by atoms with Crippen molar-refractivity contribution in [2.75, 3.05) is 7.05 Å². The minimum absolute atomic E-state index is 0.610. The number of ether oxygens (including phenoxy) is 1. The van der Waals surface area contributed by atoms with Gasteiger partial charge in [-0.1, -0.05) is 13.3 Å². The average molecular weight is 394 g/mol. The quantitative estimate of drug-likeness (QED) is 0.138. The van der Waals surface area contributed by atoms with Crippen molar-refractivity contribution in [2.24, 2.45) is 10.2 Å². The molecule has 6 nitrogen and oxygen atoms in total. The van der Waals surface area contributed by atoms with Gasteiger partial charge >= 0.3 is 0 Å². The van der Waals surface area contributed by atoms with Crippen LogP contribution in [0.5, 0.6) is 5.75 Å². The summed E-state index contributed by atoms with van der Waals surface area (Å²) in [5.74, 6) is 0.610. The Balaban J connectivity index is 2.82. The standard InChI is InChI=1S/C13H18Cl2N5OPS/c1-4-9-13(2,18-19-16)21-12-7-5-11(6-8-12)10-17-20(3)22(14,15)23/h5-8,10H,4,9H2,1-3H3/b17-10+. The highest BCUT2D eigenvalue weighted by molar-refractivity contribution is 8.37. The summed E-state index contributed by atoms with van der Waals surface area (Å²) >= 11 is 16.6. The summed E-state index contributed by atoms with van der Waals surface area (Å²) < 4.78 is 7.16. The van der Waals surface area contributed by atoms with E-state index in [2.05, 4.69) is 15.1 Å². The fourth-order valence-corrected chi connectivity index (χ4v) is 2.30. The van der Waals surface area contributed by atoms with Crippen LogP contribution >= 0.6 is 27.4 Å². The maximum Gasteiger partial charge on any atom is 0.222 e. The molecule has 1 atom stereocenters. The average Bonchev–Trinajstić information content (AvgIpc) is 2.45. The Labute approximate surface area is 150 Å². The van der Waals surface area contributed by atoms with E-state index in [1.54, 1.807) is 32.3 Å². The van der Waals surface area contributed by atoms with Crippen LogP contribution in [0.2, 0.25) is 0 Å².